The van der Waals surface area contributed by atoms with Crippen molar-refractivity contribution < 1.29 is 23.5 Å². The molecule has 3 aromatic rings. The fraction of sp³-hybridized carbons (Fsp3) is 0.0417. The summed E-state index contributed by atoms with van der Waals surface area (Å²) in [7, 11) is 1.38. The number of halogens is 2. The Morgan fingerprint density at radius 2 is 1.82 bits per heavy atom. The topological polar surface area (TPSA) is 55.8 Å². The first-order chi connectivity index (χ1) is 15.9. The highest BCUT2D eigenvalue weighted by Crippen LogP contribution is 2.40. The largest absolute Gasteiger partial charge is 0.493 e. The Balaban J connectivity index is 1.63. The van der Waals surface area contributed by atoms with E-state index in [1.807, 2.05) is 18.2 Å². The van der Waals surface area contributed by atoms with Gasteiger partial charge in [-0.25, -0.2) is 9.18 Å². The molecule has 0 saturated carbocycles. The SMILES string of the molecule is COc1cc(C=C2SC(=S)N(c3ccccc3)C2=O)cc(Cl)c1OC(=O)c1ccccc1F. The van der Waals surface area contributed by atoms with Crippen LogP contribution in [-0.4, -0.2) is 23.3 Å². The molecule has 0 N–H and O–H groups in total. The van der Waals surface area contributed by atoms with Gasteiger partial charge >= 0.3 is 5.97 Å². The van der Waals surface area contributed by atoms with Crippen LogP contribution in [0.2, 0.25) is 5.02 Å². The Hall–Kier alpha value is -3.20. The fourth-order valence-electron chi connectivity index (χ4n) is 3.12. The van der Waals surface area contributed by atoms with Crippen LogP contribution < -0.4 is 14.4 Å². The standard InChI is InChI=1S/C24H15ClFNO4S2/c1-30-19-12-14(11-17(25)21(19)31-23(29)16-9-5-6-10-18(16)26)13-20-22(28)27(24(32)33-20)15-7-3-2-4-8-15/h2-13H,1H3. The first-order valence-electron chi connectivity index (χ1n) is 9.56. The fourth-order valence-corrected chi connectivity index (χ4v) is 4.67. The number of methoxy groups -OCH3 is 1. The summed E-state index contributed by atoms with van der Waals surface area (Å²) in [5.41, 5.74) is 0.981. The van der Waals surface area contributed by atoms with Crippen LogP contribution in [0.4, 0.5) is 10.1 Å². The van der Waals surface area contributed by atoms with Crippen LogP contribution >= 0.6 is 35.6 Å². The number of thiocarbonyl (C=S) groups is 1. The molecule has 0 spiro atoms. The molecule has 5 nitrogen and oxygen atoms in total. The number of nitrogens with zero attached hydrogens (tertiary/aromatic N) is 1. The molecule has 1 saturated heterocycles. The molecule has 0 aliphatic carbocycles. The van der Waals surface area contributed by atoms with Crippen LogP contribution in [-0.2, 0) is 4.79 Å². The molecule has 4 rings (SSSR count). The van der Waals surface area contributed by atoms with Gasteiger partial charge in [-0.05, 0) is 48.0 Å². The number of amides is 1. The molecule has 0 radical (unpaired) electrons. The second-order valence-electron chi connectivity index (χ2n) is 6.76. The lowest BCUT2D eigenvalue weighted by atomic mass is 10.1. The van der Waals surface area contributed by atoms with E-state index in [4.69, 9.17) is 33.3 Å². The normalized spacial score (nSPS) is 14.6. The van der Waals surface area contributed by atoms with Gasteiger partial charge in [0.05, 0.1) is 28.3 Å². The van der Waals surface area contributed by atoms with Crippen LogP contribution in [0, 0.1) is 5.82 Å². The number of para-hydroxylation sites is 1. The average Bonchev–Trinajstić information content (AvgIpc) is 3.08. The molecule has 9 heteroatoms. The second-order valence-corrected chi connectivity index (χ2v) is 8.84. The summed E-state index contributed by atoms with van der Waals surface area (Å²) < 4.78 is 25.0. The van der Waals surface area contributed by atoms with Crippen LogP contribution in [0.3, 0.4) is 0 Å². The van der Waals surface area contributed by atoms with Crippen LogP contribution in [0.15, 0.2) is 71.6 Å². The Morgan fingerprint density at radius 1 is 1.12 bits per heavy atom. The number of thioether (sulfide) groups is 1. The predicted molar refractivity (Wildman–Crippen MR) is 131 cm³/mol. The Morgan fingerprint density at radius 3 is 2.52 bits per heavy atom. The van der Waals surface area contributed by atoms with Crippen molar-refractivity contribution in [1.82, 2.24) is 0 Å². The highest BCUT2D eigenvalue weighted by atomic mass is 35.5. The van der Waals surface area contributed by atoms with Gasteiger partial charge in [0.25, 0.3) is 5.91 Å². The number of benzene rings is 3. The van der Waals surface area contributed by atoms with E-state index in [-0.39, 0.29) is 28.0 Å². The van der Waals surface area contributed by atoms with E-state index >= 15 is 0 Å². The maximum absolute atomic E-state index is 13.9. The molecule has 0 bridgehead atoms. The summed E-state index contributed by atoms with van der Waals surface area (Å²) in [6.07, 6.45) is 1.62. The number of esters is 1. The molecule has 0 atom stereocenters. The van der Waals surface area contributed by atoms with E-state index < -0.39 is 11.8 Å². The molecular weight excluding hydrogens is 485 g/mol. The number of ether oxygens (including phenoxy) is 2. The number of rotatable bonds is 5. The van der Waals surface area contributed by atoms with Crippen molar-refractivity contribution in [2.24, 2.45) is 0 Å². The predicted octanol–water partition coefficient (Wildman–Crippen LogP) is 6.11. The van der Waals surface area contributed by atoms with Gasteiger partial charge in [-0.1, -0.05) is 65.9 Å². The van der Waals surface area contributed by atoms with Crippen molar-refractivity contribution in [2.75, 3.05) is 12.0 Å². The molecule has 1 fully saturated rings. The van der Waals surface area contributed by atoms with Gasteiger partial charge in [0.2, 0.25) is 0 Å². The van der Waals surface area contributed by atoms with Crippen LogP contribution in [0.5, 0.6) is 11.5 Å². The smallest absolute Gasteiger partial charge is 0.346 e. The zero-order valence-electron chi connectivity index (χ0n) is 17.1. The lowest BCUT2D eigenvalue weighted by Gasteiger charge is -2.14. The van der Waals surface area contributed by atoms with Gasteiger partial charge in [-0.2, -0.15) is 0 Å². The highest BCUT2D eigenvalue weighted by molar-refractivity contribution is 8.27. The number of carbonyl (C=O) groups is 2. The minimum absolute atomic E-state index is 0.0543. The van der Waals surface area contributed by atoms with E-state index in [2.05, 4.69) is 0 Å². The van der Waals surface area contributed by atoms with Gasteiger partial charge in [0.1, 0.15) is 5.82 Å². The van der Waals surface area contributed by atoms with Gasteiger partial charge < -0.3 is 9.47 Å². The van der Waals surface area contributed by atoms with E-state index in [1.165, 1.54) is 36.3 Å². The van der Waals surface area contributed by atoms with Gasteiger partial charge in [-0.15, -0.1) is 0 Å². The average molecular weight is 500 g/mol. The summed E-state index contributed by atoms with van der Waals surface area (Å²) in [6.45, 7) is 0. The van der Waals surface area contributed by atoms with Crippen molar-refractivity contribution in [2.45, 2.75) is 0 Å². The van der Waals surface area contributed by atoms with E-state index in [0.29, 0.717) is 20.5 Å². The molecule has 1 aliphatic rings. The van der Waals surface area contributed by atoms with Crippen molar-refractivity contribution in [1.29, 1.82) is 0 Å². The molecule has 1 heterocycles. The van der Waals surface area contributed by atoms with Crippen LogP contribution in [0.25, 0.3) is 6.08 Å². The third-order valence-electron chi connectivity index (χ3n) is 4.65. The third-order valence-corrected chi connectivity index (χ3v) is 6.23. The Labute approximate surface area is 203 Å². The van der Waals surface area contributed by atoms with E-state index in [9.17, 15) is 14.0 Å². The lowest BCUT2D eigenvalue weighted by molar-refractivity contribution is -0.113. The van der Waals surface area contributed by atoms with E-state index in [0.717, 1.165) is 17.8 Å². The number of hydrogen-bond acceptors (Lipinski definition) is 6. The number of anilines is 1. The van der Waals surface area contributed by atoms with Crippen molar-refractivity contribution in [3.8, 4) is 11.5 Å². The van der Waals surface area contributed by atoms with Gasteiger partial charge in [0.15, 0.2) is 15.8 Å². The Bertz CT molecular complexity index is 1300. The third kappa shape index (κ3) is 4.78. The Kier molecular flexibility index (Phi) is 6.78. The summed E-state index contributed by atoms with van der Waals surface area (Å²) in [4.78, 5) is 27.2. The number of hydrogen-bond donors (Lipinski definition) is 0. The molecule has 1 amide bonds. The van der Waals surface area contributed by atoms with Gasteiger partial charge in [-0.3, -0.25) is 9.69 Å². The van der Waals surface area contributed by atoms with Crippen molar-refractivity contribution in [3.63, 3.8) is 0 Å². The maximum Gasteiger partial charge on any atom is 0.346 e. The zero-order chi connectivity index (χ0) is 23.5. The molecule has 166 valence electrons. The summed E-state index contributed by atoms with van der Waals surface area (Å²) in [6, 6.07) is 17.6. The zero-order valence-corrected chi connectivity index (χ0v) is 19.5. The highest BCUT2D eigenvalue weighted by Gasteiger charge is 2.33. The molecule has 33 heavy (non-hydrogen) atoms. The first kappa shape index (κ1) is 23.0. The minimum Gasteiger partial charge on any atom is -0.493 e. The van der Waals surface area contributed by atoms with Crippen LogP contribution in [0.1, 0.15) is 15.9 Å². The van der Waals surface area contributed by atoms with E-state index in [1.54, 1.807) is 24.3 Å². The molecule has 1 aliphatic heterocycles. The minimum atomic E-state index is -0.912. The molecule has 0 aromatic heterocycles. The summed E-state index contributed by atoms with van der Waals surface area (Å²) in [5.74, 6) is -1.79. The summed E-state index contributed by atoms with van der Waals surface area (Å²) >= 11 is 12.9. The van der Waals surface area contributed by atoms with Gasteiger partial charge in [0, 0.05) is 0 Å². The molecule has 0 unspecified atom stereocenters. The van der Waals surface area contributed by atoms with Crippen molar-refractivity contribution in [3.05, 3.63) is 93.6 Å². The van der Waals surface area contributed by atoms with Crippen molar-refractivity contribution >= 4 is 63.5 Å². The second kappa shape index (κ2) is 9.74. The summed E-state index contributed by atoms with van der Waals surface area (Å²) in [5, 5.41) is 0.0591. The monoisotopic (exact) mass is 499 g/mol. The molecule has 3 aromatic carbocycles. The maximum atomic E-state index is 13.9. The quantitative estimate of drug-likeness (QED) is 0.183. The molecular formula is C24H15ClFNO4S2. The lowest BCUT2D eigenvalue weighted by Crippen LogP contribution is -2.27. The first-order valence-corrected chi connectivity index (χ1v) is 11.2. The number of carbonyl (C=O) groups excluding carboxylic acids is 2.